The zero-order valence-corrected chi connectivity index (χ0v) is 19.3. The summed E-state index contributed by atoms with van der Waals surface area (Å²) in [6.07, 6.45) is 2.47. The van der Waals surface area contributed by atoms with E-state index in [1.165, 1.54) is 6.07 Å². The molecule has 1 heterocycles. The van der Waals surface area contributed by atoms with Crippen LogP contribution in [0, 0.1) is 18.2 Å². The minimum atomic E-state index is -0.902. The molecule has 8 heteroatoms. The van der Waals surface area contributed by atoms with Crippen molar-refractivity contribution < 1.29 is 13.9 Å². The molecular weight excluding hydrogens is 416 g/mol. The van der Waals surface area contributed by atoms with Crippen LogP contribution in [0.15, 0.2) is 18.2 Å². The fourth-order valence-electron chi connectivity index (χ4n) is 4.42. The molecule has 29 heavy (non-hydrogen) atoms. The Hall–Kier alpha value is -1.08. The molecule has 2 fully saturated rings. The number of ether oxygens (including phenoxy) is 1. The minimum Gasteiger partial charge on any atom is -0.378 e. The van der Waals surface area contributed by atoms with Crippen LogP contribution in [-0.4, -0.2) is 43.3 Å². The number of carbonyl (C=O) groups is 1. The average molecular weight is 450 g/mol. The molecule has 0 aromatic heterocycles. The molecular formula is C21H34Cl2FN3O2. The summed E-state index contributed by atoms with van der Waals surface area (Å²) in [5, 5.41) is 3.17. The van der Waals surface area contributed by atoms with Gasteiger partial charge in [-0.15, -0.1) is 24.8 Å². The van der Waals surface area contributed by atoms with Gasteiger partial charge in [0.25, 0.3) is 0 Å². The Labute approximate surface area is 185 Å². The second-order valence-corrected chi connectivity index (χ2v) is 8.53. The Morgan fingerprint density at radius 1 is 1.38 bits per heavy atom. The first kappa shape index (κ1) is 26.0. The first-order chi connectivity index (χ1) is 12.7. The Kier molecular flexibility index (Phi) is 8.79. The third-order valence-corrected chi connectivity index (χ3v) is 6.49. The highest BCUT2D eigenvalue weighted by Crippen LogP contribution is 2.49. The van der Waals surface area contributed by atoms with E-state index in [2.05, 4.69) is 10.2 Å². The van der Waals surface area contributed by atoms with E-state index >= 15 is 0 Å². The second-order valence-electron chi connectivity index (χ2n) is 8.53. The van der Waals surface area contributed by atoms with Gasteiger partial charge >= 0.3 is 0 Å². The quantitative estimate of drug-likeness (QED) is 0.720. The molecule has 1 amide bonds. The number of aryl methyl sites for hydroxylation is 1. The van der Waals surface area contributed by atoms with E-state index < -0.39 is 11.0 Å². The second kappa shape index (κ2) is 9.82. The highest BCUT2D eigenvalue weighted by Gasteiger charge is 2.63. The van der Waals surface area contributed by atoms with Crippen LogP contribution in [0.25, 0.3) is 0 Å². The van der Waals surface area contributed by atoms with Gasteiger partial charge in [0, 0.05) is 43.3 Å². The number of halogens is 3. The number of nitrogens with zero attached hydrogens (tertiary/aromatic N) is 1. The van der Waals surface area contributed by atoms with E-state index in [9.17, 15) is 9.18 Å². The summed E-state index contributed by atoms with van der Waals surface area (Å²) in [5.41, 5.74) is 7.15. The highest BCUT2D eigenvalue weighted by atomic mass is 35.5. The molecule has 0 spiro atoms. The van der Waals surface area contributed by atoms with Gasteiger partial charge in [-0.1, -0.05) is 13.8 Å². The van der Waals surface area contributed by atoms with Gasteiger partial charge in [0.15, 0.2) is 0 Å². The monoisotopic (exact) mass is 449 g/mol. The normalized spacial score (nSPS) is 27.9. The molecule has 3 unspecified atom stereocenters. The maximum absolute atomic E-state index is 13.4. The largest absolute Gasteiger partial charge is 0.378 e. The van der Waals surface area contributed by atoms with E-state index in [1.54, 1.807) is 6.07 Å². The van der Waals surface area contributed by atoms with Crippen molar-refractivity contribution in [1.82, 2.24) is 5.32 Å². The van der Waals surface area contributed by atoms with Crippen molar-refractivity contribution in [3.63, 3.8) is 0 Å². The highest BCUT2D eigenvalue weighted by molar-refractivity contribution is 5.89. The third kappa shape index (κ3) is 4.82. The number of piperidine rings is 1. The molecule has 1 saturated carbocycles. The zero-order valence-electron chi connectivity index (χ0n) is 17.7. The maximum Gasteiger partial charge on any atom is 0.241 e. The molecule has 3 N–H and O–H groups in total. The molecule has 0 bridgehead atoms. The molecule has 3 atom stereocenters. The lowest BCUT2D eigenvalue weighted by molar-refractivity contribution is -0.171. The van der Waals surface area contributed by atoms with Crippen LogP contribution in [-0.2, 0) is 9.53 Å². The lowest BCUT2D eigenvalue weighted by Crippen LogP contribution is -2.76. The predicted octanol–water partition coefficient (Wildman–Crippen LogP) is 3.60. The Balaban J connectivity index is 0.00000210. The van der Waals surface area contributed by atoms with Crippen molar-refractivity contribution in [2.24, 2.45) is 11.1 Å². The Morgan fingerprint density at radius 3 is 2.66 bits per heavy atom. The van der Waals surface area contributed by atoms with Gasteiger partial charge in [-0.05, 0) is 50.5 Å². The molecule has 0 radical (unpaired) electrons. The molecule has 166 valence electrons. The van der Waals surface area contributed by atoms with Crippen LogP contribution < -0.4 is 16.0 Å². The molecule has 1 aliphatic heterocycles. The third-order valence-electron chi connectivity index (χ3n) is 6.49. The summed E-state index contributed by atoms with van der Waals surface area (Å²) in [7, 11) is 0. The summed E-state index contributed by atoms with van der Waals surface area (Å²) in [5.74, 6) is -0.314. The number of carbonyl (C=O) groups excluding carboxylic acids is 1. The predicted molar refractivity (Wildman–Crippen MR) is 120 cm³/mol. The number of benzene rings is 1. The number of hydrogen-bond donors (Lipinski definition) is 2. The van der Waals surface area contributed by atoms with Gasteiger partial charge in [-0.3, -0.25) is 4.79 Å². The first-order valence-corrected chi connectivity index (χ1v) is 9.91. The number of hydrogen-bond acceptors (Lipinski definition) is 4. The number of nitrogens with one attached hydrogen (secondary N) is 1. The van der Waals surface area contributed by atoms with Crippen LogP contribution in [0.2, 0.25) is 0 Å². The van der Waals surface area contributed by atoms with E-state index in [4.69, 9.17) is 10.5 Å². The molecule has 3 rings (SSSR count). The summed E-state index contributed by atoms with van der Waals surface area (Å²) < 4.78 is 19.1. The van der Waals surface area contributed by atoms with Crippen LogP contribution in [0.4, 0.5) is 10.1 Å². The number of anilines is 1. The van der Waals surface area contributed by atoms with Crippen molar-refractivity contribution in [1.29, 1.82) is 0 Å². The van der Waals surface area contributed by atoms with Crippen LogP contribution in [0.3, 0.4) is 0 Å². The van der Waals surface area contributed by atoms with Gasteiger partial charge in [-0.2, -0.15) is 0 Å². The molecule has 2 aliphatic rings. The van der Waals surface area contributed by atoms with Crippen LogP contribution >= 0.6 is 24.8 Å². The molecule has 5 nitrogen and oxygen atoms in total. The van der Waals surface area contributed by atoms with Gasteiger partial charge in [0.1, 0.15) is 11.4 Å². The van der Waals surface area contributed by atoms with Gasteiger partial charge in [0.2, 0.25) is 5.91 Å². The Bertz CT molecular complexity index is 719. The zero-order chi connectivity index (χ0) is 19.8. The number of amides is 1. The van der Waals surface area contributed by atoms with E-state index in [0.717, 1.165) is 30.6 Å². The summed E-state index contributed by atoms with van der Waals surface area (Å²) in [6.45, 7) is 10.1. The number of nitrogens with two attached hydrogens (primary N) is 1. The SMILES string of the molecule is CCOC1CC(N)(C(=O)NC2CCCN(c3ccc(F)cc3C)C2)C1(C)C.Cl.Cl. The standard InChI is InChI=1S/C21H32FN3O2.2ClH/c1-5-27-18-12-21(23,20(18,3)4)19(26)24-16-7-6-10-25(13-16)17-9-8-15(22)11-14(17)2;;/h8-9,11,16,18H,5-7,10,12-13,23H2,1-4H3,(H,24,26);2*1H. The van der Waals surface area contributed by atoms with Gasteiger partial charge in [-0.25, -0.2) is 4.39 Å². The lowest BCUT2D eigenvalue weighted by Gasteiger charge is -2.58. The summed E-state index contributed by atoms with van der Waals surface area (Å²) in [6, 6.07) is 4.90. The van der Waals surface area contributed by atoms with Crippen molar-refractivity contribution in [3.05, 3.63) is 29.6 Å². The molecule has 1 aliphatic carbocycles. The summed E-state index contributed by atoms with van der Waals surface area (Å²) in [4.78, 5) is 15.2. The smallest absolute Gasteiger partial charge is 0.241 e. The van der Waals surface area contributed by atoms with E-state index in [-0.39, 0.29) is 48.7 Å². The number of rotatable bonds is 5. The van der Waals surface area contributed by atoms with E-state index in [1.807, 2.05) is 33.8 Å². The van der Waals surface area contributed by atoms with Crippen molar-refractivity contribution >= 4 is 36.4 Å². The fraction of sp³-hybridized carbons (Fsp3) is 0.667. The lowest BCUT2D eigenvalue weighted by atomic mass is 9.54. The van der Waals surface area contributed by atoms with Gasteiger partial charge in [0.05, 0.1) is 6.10 Å². The average Bonchev–Trinajstić information content (AvgIpc) is 2.61. The van der Waals surface area contributed by atoms with E-state index in [0.29, 0.717) is 19.6 Å². The minimum absolute atomic E-state index is 0. The van der Waals surface area contributed by atoms with Crippen molar-refractivity contribution in [2.75, 3.05) is 24.6 Å². The first-order valence-electron chi connectivity index (χ1n) is 9.91. The summed E-state index contributed by atoms with van der Waals surface area (Å²) >= 11 is 0. The van der Waals surface area contributed by atoms with Crippen molar-refractivity contribution in [2.45, 2.75) is 64.6 Å². The fourth-order valence-corrected chi connectivity index (χ4v) is 4.42. The van der Waals surface area contributed by atoms with Gasteiger partial charge < -0.3 is 20.7 Å². The molecule has 1 saturated heterocycles. The maximum atomic E-state index is 13.4. The Morgan fingerprint density at radius 2 is 2.07 bits per heavy atom. The molecule has 1 aromatic carbocycles. The van der Waals surface area contributed by atoms with Crippen LogP contribution in [0.1, 0.15) is 45.6 Å². The van der Waals surface area contributed by atoms with Crippen molar-refractivity contribution in [3.8, 4) is 0 Å². The topological polar surface area (TPSA) is 67.6 Å². The van der Waals surface area contributed by atoms with Crippen LogP contribution in [0.5, 0.6) is 0 Å². The molecule has 1 aromatic rings.